The predicted octanol–water partition coefficient (Wildman–Crippen LogP) is 5.26. The fourth-order valence-corrected chi connectivity index (χ4v) is 2.44. The number of allylic oxidation sites excluding steroid dienone is 2. The second-order valence-corrected chi connectivity index (χ2v) is 5.76. The van der Waals surface area contributed by atoms with Crippen molar-refractivity contribution in [3.63, 3.8) is 0 Å². The lowest BCUT2D eigenvalue weighted by molar-refractivity contribution is 0.684. The summed E-state index contributed by atoms with van der Waals surface area (Å²) >= 11 is 6.47. The van der Waals surface area contributed by atoms with E-state index in [-0.39, 0.29) is 0 Å². The maximum absolute atomic E-state index is 6.47. The summed E-state index contributed by atoms with van der Waals surface area (Å²) in [6.45, 7) is 6.52. The Kier molecular flexibility index (Phi) is 4.23. The lowest BCUT2D eigenvalue weighted by atomic mass is 9.98. The molecule has 0 spiro atoms. The Morgan fingerprint density at radius 1 is 1.22 bits per heavy atom. The maximum Gasteiger partial charge on any atom is 0.0665 e. The molecule has 0 radical (unpaired) electrons. The molecule has 2 heteroatoms. The van der Waals surface area contributed by atoms with Crippen LogP contribution >= 0.6 is 11.6 Å². The summed E-state index contributed by atoms with van der Waals surface area (Å²) in [6, 6.07) is 8.37. The van der Waals surface area contributed by atoms with Gasteiger partial charge in [-0.3, -0.25) is 4.99 Å². The highest BCUT2D eigenvalue weighted by Crippen LogP contribution is 2.29. The van der Waals surface area contributed by atoms with Crippen molar-refractivity contribution in [2.45, 2.75) is 40.0 Å². The molecule has 0 fully saturated rings. The standard InChI is InChI=1S/C16H20ClN/c1-11(2)10-15-16(17)12(3)8-9-13-6-4-5-7-14(13)18-15/h4-7,11H,8-10H2,1-3H3. The van der Waals surface area contributed by atoms with Crippen molar-refractivity contribution in [3.8, 4) is 0 Å². The van der Waals surface area contributed by atoms with E-state index in [1.165, 1.54) is 11.1 Å². The molecule has 2 rings (SSSR count). The van der Waals surface area contributed by atoms with E-state index in [1.54, 1.807) is 0 Å². The molecule has 0 aromatic heterocycles. The molecule has 96 valence electrons. The second-order valence-electron chi connectivity index (χ2n) is 5.38. The lowest BCUT2D eigenvalue weighted by Crippen LogP contribution is -2.07. The van der Waals surface area contributed by atoms with Crippen LogP contribution in [0.25, 0.3) is 0 Å². The Labute approximate surface area is 115 Å². The summed E-state index contributed by atoms with van der Waals surface area (Å²) in [4.78, 5) is 4.80. The van der Waals surface area contributed by atoms with E-state index in [0.717, 1.165) is 35.7 Å². The number of para-hydroxylation sites is 1. The average molecular weight is 262 g/mol. The summed E-state index contributed by atoms with van der Waals surface area (Å²) in [5.74, 6) is 0.567. The van der Waals surface area contributed by atoms with E-state index in [4.69, 9.17) is 16.6 Å². The molecule has 0 atom stereocenters. The Hall–Kier alpha value is -1.08. The van der Waals surface area contributed by atoms with Crippen molar-refractivity contribution in [1.82, 2.24) is 0 Å². The van der Waals surface area contributed by atoms with Gasteiger partial charge in [0.25, 0.3) is 0 Å². The van der Waals surface area contributed by atoms with Crippen LogP contribution in [0.4, 0.5) is 5.69 Å². The SMILES string of the molecule is CC1=C(Cl)C(CC(C)C)=Nc2ccccc2CC1. The highest BCUT2D eigenvalue weighted by molar-refractivity contribution is 6.44. The van der Waals surface area contributed by atoms with Gasteiger partial charge in [0.2, 0.25) is 0 Å². The van der Waals surface area contributed by atoms with E-state index in [2.05, 4.69) is 39.0 Å². The van der Waals surface area contributed by atoms with E-state index < -0.39 is 0 Å². The van der Waals surface area contributed by atoms with Crippen molar-refractivity contribution in [3.05, 3.63) is 40.4 Å². The Balaban J connectivity index is 2.48. The van der Waals surface area contributed by atoms with Crippen molar-refractivity contribution in [2.75, 3.05) is 0 Å². The number of aryl methyl sites for hydroxylation is 1. The summed E-state index contributed by atoms with van der Waals surface area (Å²) in [5.41, 5.74) is 4.70. The molecule has 1 aliphatic rings. The molecule has 18 heavy (non-hydrogen) atoms. The van der Waals surface area contributed by atoms with Crippen molar-refractivity contribution in [1.29, 1.82) is 0 Å². The van der Waals surface area contributed by atoms with E-state index >= 15 is 0 Å². The van der Waals surface area contributed by atoms with Gasteiger partial charge in [0.05, 0.1) is 16.4 Å². The number of rotatable bonds is 2. The Bertz CT molecular complexity index is 498. The molecule has 0 unspecified atom stereocenters. The molecule has 0 saturated heterocycles. The minimum absolute atomic E-state index is 0.567. The minimum Gasteiger partial charge on any atom is -0.252 e. The number of nitrogens with zero attached hydrogens (tertiary/aromatic N) is 1. The Morgan fingerprint density at radius 3 is 2.67 bits per heavy atom. The normalized spacial score (nSPS) is 16.2. The molecule has 1 nitrogen and oxygen atoms in total. The molecule has 1 aliphatic heterocycles. The minimum atomic E-state index is 0.567. The van der Waals surface area contributed by atoms with Crippen LogP contribution in [-0.4, -0.2) is 5.71 Å². The average Bonchev–Trinajstić information content (AvgIpc) is 2.34. The van der Waals surface area contributed by atoms with Gasteiger partial charge in [-0.1, -0.05) is 49.2 Å². The van der Waals surface area contributed by atoms with Gasteiger partial charge in [-0.25, -0.2) is 0 Å². The van der Waals surface area contributed by atoms with Crippen LogP contribution < -0.4 is 0 Å². The van der Waals surface area contributed by atoms with Gasteiger partial charge >= 0.3 is 0 Å². The number of halogens is 1. The largest absolute Gasteiger partial charge is 0.252 e. The quantitative estimate of drug-likeness (QED) is 0.688. The lowest BCUT2D eigenvalue weighted by Gasteiger charge is -2.16. The maximum atomic E-state index is 6.47. The molecule has 0 aliphatic carbocycles. The van der Waals surface area contributed by atoms with Crippen LogP contribution in [-0.2, 0) is 6.42 Å². The zero-order valence-corrected chi connectivity index (χ0v) is 12.1. The number of fused-ring (bicyclic) bond motifs is 1. The van der Waals surface area contributed by atoms with Gasteiger partial charge < -0.3 is 0 Å². The van der Waals surface area contributed by atoms with Gasteiger partial charge in [0.1, 0.15) is 0 Å². The summed E-state index contributed by atoms with van der Waals surface area (Å²) in [7, 11) is 0. The van der Waals surface area contributed by atoms with Crippen LogP contribution in [0, 0.1) is 5.92 Å². The van der Waals surface area contributed by atoms with Crippen molar-refractivity contribution >= 4 is 23.0 Å². The third-order valence-corrected chi connectivity index (χ3v) is 3.79. The summed E-state index contributed by atoms with van der Waals surface area (Å²) < 4.78 is 0. The first-order valence-electron chi connectivity index (χ1n) is 6.59. The van der Waals surface area contributed by atoms with E-state index in [9.17, 15) is 0 Å². The zero-order chi connectivity index (χ0) is 13.1. The number of hydrogen-bond acceptors (Lipinski definition) is 1. The van der Waals surface area contributed by atoms with E-state index in [0.29, 0.717) is 5.92 Å². The molecule has 1 aromatic carbocycles. The number of hydrogen-bond donors (Lipinski definition) is 0. The molecule has 0 amide bonds. The topological polar surface area (TPSA) is 12.4 Å². The summed E-state index contributed by atoms with van der Waals surface area (Å²) in [5, 5.41) is 0.873. The van der Waals surface area contributed by atoms with Crippen LogP contribution in [0.2, 0.25) is 0 Å². The van der Waals surface area contributed by atoms with Crippen LogP contribution in [0.1, 0.15) is 39.2 Å². The van der Waals surface area contributed by atoms with Crippen LogP contribution in [0.5, 0.6) is 0 Å². The fourth-order valence-electron chi connectivity index (χ4n) is 2.23. The molecule has 1 heterocycles. The van der Waals surface area contributed by atoms with Gasteiger partial charge in [-0.15, -0.1) is 0 Å². The first-order chi connectivity index (χ1) is 8.58. The van der Waals surface area contributed by atoms with Crippen molar-refractivity contribution in [2.24, 2.45) is 10.9 Å². The Morgan fingerprint density at radius 2 is 1.94 bits per heavy atom. The highest BCUT2D eigenvalue weighted by atomic mass is 35.5. The number of aliphatic imine (C=N–C) groups is 1. The monoisotopic (exact) mass is 261 g/mol. The summed E-state index contributed by atoms with van der Waals surface area (Å²) in [6.07, 6.45) is 2.98. The predicted molar refractivity (Wildman–Crippen MR) is 79.9 cm³/mol. The van der Waals surface area contributed by atoms with Gasteiger partial charge in [0, 0.05) is 0 Å². The molecular weight excluding hydrogens is 242 g/mol. The first kappa shape index (κ1) is 13.4. The molecule has 1 aromatic rings. The highest BCUT2D eigenvalue weighted by Gasteiger charge is 2.15. The van der Waals surface area contributed by atoms with Crippen LogP contribution in [0.3, 0.4) is 0 Å². The zero-order valence-electron chi connectivity index (χ0n) is 11.3. The third-order valence-electron chi connectivity index (χ3n) is 3.25. The first-order valence-corrected chi connectivity index (χ1v) is 6.97. The second kappa shape index (κ2) is 5.71. The molecule has 0 N–H and O–H groups in total. The van der Waals surface area contributed by atoms with Crippen molar-refractivity contribution < 1.29 is 0 Å². The molecule has 0 bridgehead atoms. The third kappa shape index (κ3) is 3.02. The number of benzene rings is 1. The van der Waals surface area contributed by atoms with Gasteiger partial charge in [0.15, 0.2) is 0 Å². The van der Waals surface area contributed by atoms with E-state index in [1.807, 2.05) is 6.07 Å². The fraction of sp³-hybridized carbons (Fsp3) is 0.438. The van der Waals surface area contributed by atoms with Gasteiger partial charge in [-0.05, 0) is 43.7 Å². The molecule has 0 saturated carbocycles. The van der Waals surface area contributed by atoms with Crippen LogP contribution in [0.15, 0.2) is 39.9 Å². The van der Waals surface area contributed by atoms with Gasteiger partial charge in [-0.2, -0.15) is 0 Å². The smallest absolute Gasteiger partial charge is 0.0665 e. The molecular formula is C16H20ClN.